The maximum Gasteiger partial charge on any atom is 0.214 e. The van der Waals surface area contributed by atoms with Crippen molar-refractivity contribution in [2.75, 3.05) is 0 Å². The quantitative estimate of drug-likeness (QED) is 0.206. The van der Waals surface area contributed by atoms with Crippen LogP contribution in [0, 0.1) is 19.3 Å². The largest absolute Gasteiger partial charge is 0.473 e. The summed E-state index contributed by atoms with van der Waals surface area (Å²) >= 11 is 1.69. The highest BCUT2D eigenvalue weighted by molar-refractivity contribution is 7.15. The summed E-state index contributed by atoms with van der Waals surface area (Å²) in [4.78, 5) is 15.0. The van der Waals surface area contributed by atoms with E-state index in [9.17, 15) is 4.39 Å². The van der Waals surface area contributed by atoms with Crippen molar-refractivity contribution < 1.29 is 9.13 Å². The second kappa shape index (κ2) is 10.3. The third-order valence-electron chi connectivity index (χ3n) is 5.94. The fourth-order valence-electron chi connectivity index (χ4n) is 4.16. The van der Waals surface area contributed by atoms with Crippen LogP contribution in [0.3, 0.4) is 0 Å². The Kier molecular flexibility index (Phi) is 6.79. The number of aromatic nitrogens is 3. The zero-order valence-corrected chi connectivity index (χ0v) is 21.0. The second-order valence-corrected chi connectivity index (χ2v) is 9.82. The number of hydrogen-bond acceptors (Lipinski definition) is 4. The van der Waals surface area contributed by atoms with Crippen LogP contribution >= 0.6 is 11.3 Å². The van der Waals surface area contributed by atoms with Crippen LogP contribution in [0.15, 0.2) is 66.7 Å². The topological polar surface area (TPSA) is 44.3 Å². The molecule has 0 amide bonds. The number of aryl methyl sites for hydroxylation is 2. The molecule has 5 nitrogen and oxygen atoms in total. The molecule has 0 saturated heterocycles. The molecule has 0 saturated carbocycles. The molecule has 0 aliphatic heterocycles. The summed E-state index contributed by atoms with van der Waals surface area (Å²) in [6.07, 6.45) is 1.81. The van der Waals surface area contributed by atoms with Crippen molar-refractivity contribution in [1.82, 2.24) is 14.5 Å². The number of pyridine rings is 1. The van der Waals surface area contributed by atoms with Crippen LogP contribution in [0.5, 0.6) is 5.88 Å². The molecule has 2 aromatic carbocycles. The maximum absolute atomic E-state index is 14.2. The standard InChI is InChI=1S/C29H25FN4OS/c1-4-14-34-26-15-19(2)8-12-24(26)32-28(34)17-22-11-13-27(36-22)25-6-5-7-29(33-25)35-18-20-9-10-21(31-3)16-23(20)30/h5-13,15-16H,4,14,17-18H2,1-2H3. The lowest BCUT2D eigenvalue weighted by Crippen LogP contribution is -2.03. The van der Waals surface area contributed by atoms with E-state index >= 15 is 0 Å². The summed E-state index contributed by atoms with van der Waals surface area (Å²) < 4.78 is 22.3. The van der Waals surface area contributed by atoms with E-state index in [0.717, 1.165) is 41.3 Å². The van der Waals surface area contributed by atoms with E-state index in [1.165, 1.54) is 22.0 Å². The Morgan fingerprint density at radius 2 is 1.94 bits per heavy atom. The first-order chi connectivity index (χ1) is 17.5. The number of halogens is 1. The van der Waals surface area contributed by atoms with Gasteiger partial charge in [0, 0.05) is 29.5 Å². The van der Waals surface area contributed by atoms with Gasteiger partial charge in [-0.1, -0.05) is 31.2 Å². The lowest BCUT2D eigenvalue weighted by atomic mass is 10.2. The molecule has 0 fully saturated rings. The molecule has 0 aliphatic carbocycles. The maximum atomic E-state index is 14.2. The van der Waals surface area contributed by atoms with Crippen LogP contribution in [0.25, 0.3) is 26.4 Å². The Morgan fingerprint density at radius 3 is 2.75 bits per heavy atom. The van der Waals surface area contributed by atoms with Gasteiger partial charge in [0.05, 0.1) is 28.2 Å². The molecule has 180 valence electrons. The molecular weight excluding hydrogens is 471 g/mol. The fourth-order valence-corrected chi connectivity index (χ4v) is 5.14. The van der Waals surface area contributed by atoms with Gasteiger partial charge in [0.25, 0.3) is 0 Å². The third-order valence-corrected chi connectivity index (χ3v) is 7.05. The molecule has 0 unspecified atom stereocenters. The van der Waals surface area contributed by atoms with E-state index in [0.29, 0.717) is 11.4 Å². The minimum absolute atomic E-state index is 0.0450. The van der Waals surface area contributed by atoms with E-state index in [4.69, 9.17) is 16.3 Å². The molecule has 5 aromatic rings. The summed E-state index contributed by atoms with van der Waals surface area (Å²) in [5.74, 6) is 1.05. The number of imidazole rings is 1. The van der Waals surface area contributed by atoms with Gasteiger partial charge in [-0.25, -0.2) is 19.2 Å². The summed E-state index contributed by atoms with van der Waals surface area (Å²) in [6.45, 7) is 12.3. The molecule has 0 radical (unpaired) electrons. The number of fused-ring (bicyclic) bond motifs is 1. The monoisotopic (exact) mass is 496 g/mol. The van der Waals surface area contributed by atoms with Crippen molar-refractivity contribution in [3.63, 3.8) is 0 Å². The lowest BCUT2D eigenvalue weighted by molar-refractivity contribution is 0.288. The Balaban J connectivity index is 1.33. The van der Waals surface area contributed by atoms with Crippen molar-refractivity contribution in [3.05, 3.63) is 106 Å². The Morgan fingerprint density at radius 1 is 1.06 bits per heavy atom. The first kappa shape index (κ1) is 23.7. The van der Waals surface area contributed by atoms with Crippen molar-refractivity contribution in [3.8, 4) is 16.5 Å². The third kappa shape index (κ3) is 5.00. The van der Waals surface area contributed by atoms with Crippen LogP contribution in [-0.4, -0.2) is 14.5 Å². The van der Waals surface area contributed by atoms with E-state index in [1.54, 1.807) is 29.5 Å². The van der Waals surface area contributed by atoms with E-state index in [2.05, 4.69) is 58.6 Å². The summed E-state index contributed by atoms with van der Waals surface area (Å²) in [7, 11) is 0. The average Bonchev–Trinajstić information content (AvgIpc) is 3.48. The molecule has 0 atom stereocenters. The van der Waals surface area contributed by atoms with Gasteiger partial charge in [0.2, 0.25) is 5.88 Å². The molecule has 0 N–H and O–H groups in total. The Bertz CT molecular complexity index is 1580. The second-order valence-electron chi connectivity index (χ2n) is 8.65. The first-order valence-electron chi connectivity index (χ1n) is 11.8. The number of hydrogen-bond donors (Lipinski definition) is 0. The normalized spacial score (nSPS) is 11.1. The van der Waals surface area contributed by atoms with E-state index in [1.807, 2.05) is 12.1 Å². The van der Waals surface area contributed by atoms with Crippen molar-refractivity contribution in [1.29, 1.82) is 0 Å². The van der Waals surface area contributed by atoms with Crippen LogP contribution in [0.4, 0.5) is 10.1 Å². The average molecular weight is 497 g/mol. The highest BCUT2D eigenvalue weighted by Crippen LogP contribution is 2.30. The molecule has 0 aliphatic rings. The number of benzene rings is 2. The molecular formula is C29H25FN4OS. The summed E-state index contributed by atoms with van der Waals surface area (Å²) in [5, 5.41) is 0. The first-order valence-corrected chi connectivity index (χ1v) is 12.7. The number of ether oxygens (including phenoxy) is 1. The molecule has 7 heteroatoms. The summed E-state index contributed by atoms with van der Waals surface area (Å²) in [6, 6.07) is 20.6. The zero-order chi connectivity index (χ0) is 25.1. The van der Waals surface area contributed by atoms with Gasteiger partial charge >= 0.3 is 0 Å². The fraction of sp³-hybridized carbons (Fsp3) is 0.207. The predicted octanol–water partition coefficient (Wildman–Crippen LogP) is 7.74. The Labute approximate surface area is 213 Å². The van der Waals surface area contributed by atoms with Crippen LogP contribution in [-0.2, 0) is 19.6 Å². The molecule has 36 heavy (non-hydrogen) atoms. The minimum Gasteiger partial charge on any atom is -0.473 e. The highest BCUT2D eigenvalue weighted by atomic mass is 32.1. The van der Waals surface area contributed by atoms with Crippen LogP contribution < -0.4 is 4.74 Å². The lowest BCUT2D eigenvalue weighted by Gasteiger charge is -2.08. The highest BCUT2D eigenvalue weighted by Gasteiger charge is 2.14. The molecule has 0 spiro atoms. The van der Waals surface area contributed by atoms with Gasteiger partial charge < -0.3 is 9.30 Å². The summed E-state index contributed by atoms with van der Waals surface area (Å²) in [5.41, 5.74) is 4.93. The van der Waals surface area contributed by atoms with Gasteiger partial charge in [-0.05, 0) is 55.3 Å². The minimum atomic E-state index is -0.452. The van der Waals surface area contributed by atoms with E-state index in [-0.39, 0.29) is 12.3 Å². The van der Waals surface area contributed by atoms with Gasteiger partial charge in [-0.15, -0.1) is 11.3 Å². The van der Waals surface area contributed by atoms with Gasteiger partial charge in [0.1, 0.15) is 18.2 Å². The van der Waals surface area contributed by atoms with Crippen LogP contribution in [0.2, 0.25) is 0 Å². The van der Waals surface area contributed by atoms with Crippen molar-refractivity contribution >= 4 is 28.1 Å². The van der Waals surface area contributed by atoms with Crippen LogP contribution in [0.1, 0.15) is 35.2 Å². The number of nitrogens with zero attached hydrogens (tertiary/aromatic N) is 4. The zero-order valence-electron chi connectivity index (χ0n) is 20.2. The van der Waals surface area contributed by atoms with Gasteiger partial charge in [0.15, 0.2) is 5.69 Å². The SMILES string of the molecule is [C-]#[N+]c1ccc(COc2cccc(-c3ccc(Cc4nc5ccc(C)cc5n4CCC)s3)n2)c(F)c1. The van der Waals surface area contributed by atoms with Gasteiger partial charge in [-0.3, -0.25) is 0 Å². The molecule has 5 rings (SSSR count). The smallest absolute Gasteiger partial charge is 0.214 e. The van der Waals surface area contributed by atoms with Crippen molar-refractivity contribution in [2.45, 2.75) is 39.8 Å². The predicted molar refractivity (Wildman–Crippen MR) is 142 cm³/mol. The Hall–Kier alpha value is -4.02. The number of thiophene rings is 1. The van der Waals surface area contributed by atoms with E-state index < -0.39 is 5.82 Å². The molecule has 3 heterocycles. The molecule has 3 aromatic heterocycles. The van der Waals surface area contributed by atoms with Gasteiger partial charge in [-0.2, -0.15) is 0 Å². The van der Waals surface area contributed by atoms with Crippen molar-refractivity contribution in [2.24, 2.45) is 0 Å². The molecule has 0 bridgehead atoms. The number of rotatable bonds is 8.